The Hall–Kier alpha value is -2.45. The first-order chi connectivity index (χ1) is 11.3. The zero-order valence-electron chi connectivity index (χ0n) is 13.6. The van der Waals surface area contributed by atoms with Gasteiger partial charge in [0.1, 0.15) is 0 Å². The van der Waals surface area contributed by atoms with E-state index in [2.05, 4.69) is 9.71 Å². The highest BCUT2D eigenvalue weighted by molar-refractivity contribution is 7.89. The second-order valence-corrected chi connectivity index (χ2v) is 7.39. The summed E-state index contributed by atoms with van der Waals surface area (Å²) in [6.45, 7) is 1.76. The molecular weight excluding hydrogens is 328 g/mol. The predicted molar refractivity (Wildman–Crippen MR) is 91.1 cm³/mol. The lowest BCUT2D eigenvalue weighted by atomic mass is 10.2. The fourth-order valence-electron chi connectivity index (χ4n) is 2.65. The maximum atomic E-state index is 12.6. The molecule has 0 radical (unpaired) electrons. The lowest BCUT2D eigenvalue weighted by Gasteiger charge is -2.14. The van der Waals surface area contributed by atoms with Crippen molar-refractivity contribution >= 4 is 21.1 Å². The van der Waals surface area contributed by atoms with Crippen molar-refractivity contribution in [1.82, 2.24) is 18.8 Å². The molecule has 24 heavy (non-hydrogen) atoms. The average Bonchev–Trinajstić information content (AvgIpc) is 2.79. The van der Waals surface area contributed by atoms with Gasteiger partial charge < -0.3 is 0 Å². The minimum Gasteiger partial charge on any atom is -0.295 e. The van der Waals surface area contributed by atoms with Crippen LogP contribution < -0.4 is 10.4 Å². The van der Waals surface area contributed by atoms with Crippen LogP contribution in [0.4, 0.5) is 0 Å². The maximum absolute atomic E-state index is 12.6. The summed E-state index contributed by atoms with van der Waals surface area (Å²) in [4.78, 5) is 16.1. The number of aromatic nitrogens is 3. The molecule has 0 aliphatic rings. The van der Waals surface area contributed by atoms with E-state index in [-0.39, 0.29) is 10.6 Å². The third-order valence-electron chi connectivity index (χ3n) is 4.07. The molecule has 7 nitrogen and oxygen atoms in total. The summed E-state index contributed by atoms with van der Waals surface area (Å²) in [6, 6.07) is 7.80. The van der Waals surface area contributed by atoms with Crippen LogP contribution in [-0.2, 0) is 24.1 Å². The Labute approximate surface area is 139 Å². The van der Waals surface area contributed by atoms with Crippen molar-refractivity contribution in [2.24, 2.45) is 14.1 Å². The van der Waals surface area contributed by atoms with Crippen molar-refractivity contribution in [2.75, 3.05) is 0 Å². The third kappa shape index (κ3) is 2.74. The number of benzene rings is 1. The van der Waals surface area contributed by atoms with Gasteiger partial charge >= 0.3 is 5.69 Å². The third-order valence-corrected chi connectivity index (χ3v) is 5.61. The molecule has 0 amide bonds. The Morgan fingerprint density at radius 2 is 1.83 bits per heavy atom. The van der Waals surface area contributed by atoms with E-state index in [4.69, 9.17) is 0 Å². The highest BCUT2D eigenvalue weighted by Crippen LogP contribution is 2.20. The van der Waals surface area contributed by atoms with E-state index in [0.717, 1.165) is 5.56 Å². The van der Waals surface area contributed by atoms with E-state index < -0.39 is 16.1 Å². The SMILES string of the molecule is CC(NS(=O)(=O)c1ccc2c(c1)n(C)c(=O)n2C)c1cccnc1. The number of fused-ring (bicyclic) bond motifs is 1. The summed E-state index contributed by atoms with van der Waals surface area (Å²) in [5.74, 6) is 0. The van der Waals surface area contributed by atoms with Gasteiger partial charge in [-0.1, -0.05) is 6.07 Å². The Bertz CT molecular complexity index is 1050. The summed E-state index contributed by atoms with van der Waals surface area (Å²) in [7, 11) is -0.450. The Morgan fingerprint density at radius 1 is 1.12 bits per heavy atom. The van der Waals surface area contributed by atoms with E-state index in [9.17, 15) is 13.2 Å². The number of nitrogens with one attached hydrogen (secondary N) is 1. The number of hydrogen-bond acceptors (Lipinski definition) is 4. The predicted octanol–water partition coefficient (Wildman–Crippen LogP) is 1.31. The highest BCUT2D eigenvalue weighted by Gasteiger charge is 2.20. The van der Waals surface area contributed by atoms with Gasteiger partial charge in [0.25, 0.3) is 0 Å². The molecular formula is C16H18N4O3S. The number of sulfonamides is 1. The fraction of sp³-hybridized carbons (Fsp3) is 0.250. The summed E-state index contributed by atoms with van der Waals surface area (Å²) >= 11 is 0. The number of rotatable bonds is 4. The van der Waals surface area contributed by atoms with E-state index >= 15 is 0 Å². The van der Waals surface area contributed by atoms with Gasteiger partial charge in [0.05, 0.1) is 15.9 Å². The van der Waals surface area contributed by atoms with Crippen molar-refractivity contribution in [3.8, 4) is 0 Å². The fourth-order valence-corrected chi connectivity index (χ4v) is 3.91. The highest BCUT2D eigenvalue weighted by atomic mass is 32.2. The largest absolute Gasteiger partial charge is 0.328 e. The summed E-state index contributed by atoms with van der Waals surface area (Å²) in [6.07, 6.45) is 3.26. The molecule has 1 atom stereocenters. The Morgan fingerprint density at radius 3 is 2.50 bits per heavy atom. The zero-order valence-corrected chi connectivity index (χ0v) is 14.4. The molecule has 126 valence electrons. The van der Waals surface area contributed by atoms with Gasteiger partial charge in [0.2, 0.25) is 10.0 Å². The smallest absolute Gasteiger partial charge is 0.295 e. The monoisotopic (exact) mass is 346 g/mol. The molecule has 3 rings (SSSR count). The van der Waals surface area contributed by atoms with Crippen molar-refractivity contribution in [1.29, 1.82) is 0 Å². The number of nitrogens with zero attached hydrogens (tertiary/aromatic N) is 3. The zero-order chi connectivity index (χ0) is 17.5. The van der Waals surface area contributed by atoms with Crippen LogP contribution in [0, 0.1) is 0 Å². The van der Waals surface area contributed by atoms with Gasteiger partial charge in [-0.3, -0.25) is 14.1 Å². The van der Waals surface area contributed by atoms with Gasteiger partial charge in [-0.05, 0) is 36.8 Å². The topological polar surface area (TPSA) is 86.0 Å². The van der Waals surface area contributed by atoms with E-state index in [1.54, 1.807) is 45.5 Å². The standard InChI is InChI=1S/C16H18N4O3S/c1-11(12-5-4-8-17-10-12)18-24(22,23)13-6-7-14-15(9-13)20(3)16(21)19(14)2/h4-11,18H,1-3H3. The van der Waals surface area contributed by atoms with Crippen LogP contribution in [0.1, 0.15) is 18.5 Å². The molecule has 2 heterocycles. The second kappa shape index (κ2) is 5.88. The number of imidazole rings is 1. The summed E-state index contributed by atoms with van der Waals surface area (Å²) < 4.78 is 30.8. The molecule has 1 aromatic carbocycles. The van der Waals surface area contributed by atoms with Crippen molar-refractivity contribution in [3.05, 3.63) is 58.8 Å². The molecule has 0 spiro atoms. The van der Waals surface area contributed by atoms with Gasteiger partial charge in [-0.2, -0.15) is 0 Å². The van der Waals surface area contributed by atoms with Crippen LogP contribution >= 0.6 is 0 Å². The minimum atomic E-state index is -3.72. The van der Waals surface area contributed by atoms with Crippen LogP contribution in [0.3, 0.4) is 0 Å². The molecule has 0 saturated heterocycles. The molecule has 0 aliphatic heterocycles. The van der Waals surface area contributed by atoms with Gasteiger partial charge in [-0.25, -0.2) is 17.9 Å². The van der Waals surface area contributed by atoms with Crippen LogP contribution in [0.15, 0.2) is 52.4 Å². The van der Waals surface area contributed by atoms with Gasteiger partial charge in [0, 0.05) is 32.5 Å². The Kier molecular flexibility index (Phi) is 4.02. The van der Waals surface area contributed by atoms with Crippen molar-refractivity contribution in [3.63, 3.8) is 0 Å². The number of aryl methyl sites for hydroxylation is 2. The molecule has 2 aromatic heterocycles. The molecule has 1 unspecified atom stereocenters. The van der Waals surface area contributed by atoms with Crippen LogP contribution in [0.5, 0.6) is 0 Å². The van der Waals surface area contributed by atoms with E-state index in [0.29, 0.717) is 11.0 Å². The van der Waals surface area contributed by atoms with E-state index in [1.807, 2.05) is 6.07 Å². The molecule has 8 heteroatoms. The van der Waals surface area contributed by atoms with E-state index in [1.165, 1.54) is 21.3 Å². The first-order valence-electron chi connectivity index (χ1n) is 7.39. The second-order valence-electron chi connectivity index (χ2n) is 5.68. The van der Waals surface area contributed by atoms with Crippen LogP contribution in [0.25, 0.3) is 11.0 Å². The van der Waals surface area contributed by atoms with Crippen molar-refractivity contribution in [2.45, 2.75) is 17.9 Å². The molecule has 0 saturated carbocycles. The van der Waals surface area contributed by atoms with Gasteiger partial charge in [0.15, 0.2) is 0 Å². The van der Waals surface area contributed by atoms with Crippen LogP contribution in [-0.4, -0.2) is 22.5 Å². The average molecular weight is 346 g/mol. The molecule has 0 bridgehead atoms. The molecule has 0 aliphatic carbocycles. The lowest BCUT2D eigenvalue weighted by Crippen LogP contribution is -2.27. The Balaban J connectivity index is 1.99. The quantitative estimate of drug-likeness (QED) is 0.772. The number of hydrogen-bond donors (Lipinski definition) is 1. The molecule has 1 N–H and O–H groups in total. The van der Waals surface area contributed by atoms with Crippen LogP contribution in [0.2, 0.25) is 0 Å². The van der Waals surface area contributed by atoms with Gasteiger partial charge in [-0.15, -0.1) is 0 Å². The lowest BCUT2D eigenvalue weighted by molar-refractivity contribution is 0.566. The first kappa shape index (κ1) is 16.4. The molecule has 3 aromatic rings. The maximum Gasteiger partial charge on any atom is 0.328 e. The summed E-state index contributed by atoms with van der Waals surface area (Å²) in [5, 5.41) is 0. The number of pyridine rings is 1. The van der Waals surface area contributed by atoms with Crippen molar-refractivity contribution < 1.29 is 8.42 Å². The normalized spacial score (nSPS) is 13.3. The summed E-state index contributed by atoms with van der Waals surface area (Å²) in [5.41, 5.74) is 1.83. The first-order valence-corrected chi connectivity index (χ1v) is 8.87. The minimum absolute atomic E-state index is 0.118. The molecule has 0 fully saturated rings.